The number of methoxy groups -OCH3 is 1. The Bertz CT molecular complexity index is 879. The van der Waals surface area contributed by atoms with Crippen LogP contribution in [0.2, 0.25) is 0 Å². The number of nitrogens with zero attached hydrogens (tertiary/aromatic N) is 1. The Labute approximate surface area is 152 Å². The van der Waals surface area contributed by atoms with E-state index < -0.39 is 5.97 Å². The van der Waals surface area contributed by atoms with E-state index in [1.807, 2.05) is 55.5 Å². The number of carbonyl (C=O) groups excluding carboxylic acids is 1. The molecule has 0 N–H and O–H groups in total. The largest absolute Gasteiger partial charge is 0.496 e. The molecule has 1 aliphatic rings. The van der Waals surface area contributed by atoms with Gasteiger partial charge in [0.2, 0.25) is 5.90 Å². The highest BCUT2D eigenvalue weighted by Gasteiger charge is 2.21. The fraction of sp³-hybridized carbons (Fsp3) is 0.143. The van der Waals surface area contributed by atoms with Crippen molar-refractivity contribution in [1.82, 2.24) is 0 Å². The van der Waals surface area contributed by atoms with Gasteiger partial charge in [-0.3, -0.25) is 0 Å². The summed E-state index contributed by atoms with van der Waals surface area (Å²) in [6.07, 6.45) is 5.13. The van der Waals surface area contributed by atoms with Gasteiger partial charge in [0.05, 0.1) is 13.7 Å². The van der Waals surface area contributed by atoms with E-state index in [2.05, 4.69) is 4.99 Å². The maximum absolute atomic E-state index is 12.0. The lowest BCUT2D eigenvalue weighted by Crippen LogP contribution is -2.01. The van der Waals surface area contributed by atoms with Gasteiger partial charge in [-0.25, -0.2) is 9.79 Å². The van der Waals surface area contributed by atoms with Gasteiger partial charge in [-0.15, -0.1) is 0 Å². The highest BCUT2D eigenvalue weighted by molar-refractivity contribution is 6.11. The van der Waals surface area contributed by atoms with Crippen molar-refractivity contribution in [2.75, 3.05) is 13.7 Å². The molecule has 0 aliphatic carbocycles. The summed E-state index contributed by atoms with van der Waals surface area (Å²) >= 11 is 0. The Morgan fingerprint density at radius 3 is 2.58 bits per heavy atom. The van der Waals surface area contributed by atoms with E-state index in [9.17, 15) is 4.79 Å². The van der Waals surface area contributed by atoms with Crippen LogP contribution in [0.1, 0.15) is 18.1 Å². The summed E-state index contributed by atoms with van der Waals surface area (Å²) in [6.45, 7) is 2.54. The van der Waals surface area contributed by atoms with E-state index in [-0.39, 0.29) is 11.6 Å². The van der Waals surface area contributed by atoms with Crippen molar-refractivity contribution in [1.29, 1.82) is 0 Å². The average molecular weight is 349 g/mol. The van der Waals surface area contributed by atoms with Crippen molar-refractivity contribution in [3.8, 4) is 11.5 Å². The van der Waals surface area contributed by atoms with Crippen molar-refractivity contribution in [3.05, 3.63) is 71.4 Å². The monoisotopic (exact) mass is 349 g/mol. The van der Waals surface area contributed by atoms with Gasteiger partial charge in [-0.05, 0) is 42.8 Å². The summed E-state index contributed by atoms with van der Waals surface area (Å²) in [5.41, 5.74) is 1.98. The fourth-order valence-corrected chi connectivity index (χ4v) is 2.45. The zero-order valence-electron chi connectivity index (χ0n) is 14.6. The Balaban J connectivity index is 1.77. The van der Waals surface area contributed by atoms with E-state index in [0.29, 0.717) is 6.61 Å². The first-order chi connectivity index (χ1) is 12.7. The molecule has 1 heterocycles. The lowest BCUT2D eigenvalue weighted by atomic mass is 10.2. The summed E-state index contributed by atoms with van der Waals surface area (Å²) in [5, 5.41) is 0. The number of carbonyl (C=O) groups is 1. The van der Waals surface area contributed by atoms with Gasteiger partial charge in [-0.1, -0.05) is 30.3 Å². The lowest BCUT2D eigenvalue weighted by molar-refractivity contribution is -0.129. The average Bonchev–Trinajstić information content (AvgIpc) is 3.01. The predicted molar refractivity (Wildman–Crippen MR) is 101 cm³/mol. The number of ether oxygens (including phenoxy) is 3. The van der Waals surface area contributed by atoms with Crippen LogP contribution in [0.15, 0.2) is 65.3 Å². The van der Waals surface area contributed by atoms with Gasteiger partial charge in [0.1, 0.15) is 11.5 Å². The molecule has 2 aromatic rings. The van der Waals surface area contributed by atoms with Gasteiger partial charge < -0.3 is 14.2 Å². The second-order valence-electron chi connectivity index (χ2n) is 5.45. The molecule has 0 bridgehead atoms. The van der Waals surface area contributed by atoms with Gasteiger partial charge >= 0.3 is 5.97 Å². The molecule has 132 valence electrons. The fourth-order valence-electron chi connectivity index (χ4n) is 2.45. The van der Waals surface area contributed by atoms with Crippen molar-refractivity contribution in [2.45, 2.75) is 6.92 Å². The molecule has 0 spiro atoms. The van der Waals surface area contributed by atoms with Crippen LogP contribution in [0.3, 0.4) is 0 Å². The number of cyclic esters (lactones) is 1. The number of hydrogen-bond donors (Lipinski definition) is 0. The zero-order valence-corrected chi connectivity index (χ0v) is 14.6. The van der Waals surface area contributed by atoms with E-state index in [0.717, 1.165) is 22.6 Å². The molecule has 5 heteroatoms. The molecule has 1 aliphatic heterocycles. The Kier molecular flexibility index (Phi) is 5.49. The van der Waals surface area contributed by atoms with Gasteiger partial charge in [-0.2, -0.15) is 0 Å². The van der Waals surface area contributed by atoms with Crippen LogP contribution in [-0.4, -0.2) is 25.6 Å². The molecule has 2 aromatic carbocycles. The van der Waals surface area contributed by atoms with E-state index >= 15 is 0 Å². The predicted octanol–water partition coefficient (Wildman–Crippen LogP) is 4.10. The Morgan fingerprint density at radius 2 is 1.85 bits per heavy atom. The molecule has 3 rings (SSSR count). The Hall–Kier alpha value is -3.34. The smallest absolute Gasteiger partial charge is 0.363 e. The quantitative estimate of drug-likeness (QED) is 0.582. The maximum Gasteiger partial charge on any atom is 0.363 e. The summed E-state index contributed by atoms with van der Waals surface area (Å²) in [6, 6.07) is 15.0. The molecule has 0 saturated carbocycles. The van der Waals surface area contributed by atoms with Crippen LogP contribution in [0.5, 0.6) is 11.5 Å². The minimum absolute atomic E-state index is 0.248. The number of rotatable bonds is 6. The molecule has 0 aromatic heterocycles. The van der Waals surface area contributed by atoms with Crippen molar-refractivity contribution >= 4 is 24.0 Å². The van der Waals surface area contributed by atoms with Crippen LogP contribution < -0.4 is 9.47 Å². The molecule has 0 unspecified atom stereocenters. The number of aliphatic imine (C=N–C) groups is 1. The summed E-state index contributed by atoms with van der Waals surface area (Å²) in [5.74, 6) is 1.29. The second-order valence-corrected chi connectivity index (χ2v) is 5.45. The van der Waals surface area contributed by atoms with Crippen molar-refractivity contribution in [2.24, 2.45) is 4.99 Å². The van der Waals surface area contributed by atoms with Crippen LogP contribution in [0.25, 0.3) is 12.2 Å². The second kappa shape index (κ2) is 8.16. The maximum atomic E-state index is 12.0. The molecular formula is C21H19NO4. The molecule has 0 saturated heterocycles. The first-order valence-electron chi connectivity index (χ1n) is 8.26. The molecule has 0 fully saturated rings. The third-order valence-corrected chi connectivity index (χ3v) is 3.68. The standard InChI is InChI=1S/C21H19NO4/c1-3-25-17-11-8-15(9-12-17)14-18-21(23)26-20(22-18)13-10-16-6-4-5-7-19(16)24-2/h4-14H,3H2,1-2H3/b13-10+,18-14-. The number of hydrogen-bond acceptors (Lipinski definition) is 5. The molecule has 26 heavy (non-hydrogen) atoms. The number of esters is 1. The zero-order chi connectivity index (χ0) is 18.4. The van der Waals surface area contributed by atoms with E-state index in [1.165, 1.54) is 0 Å². The topological polar surface area (TPSA) is 57.1 Å². The van der Waals surface area contributed by atoms with Crippen molar-refractivity contribution in [3.63, 3.8) is 0 Å². The van der Waals surface area contributed by atoms with Crippen LogP contribution in [0, 0.1) is 0 Å². The molecule has 0 amide bonds. The SMILES string of the molecule is CCOc1ccc(/C=C2N=C(/C=C/c3ccccc3OC)OC\2=O)cc1. The summed E-state index contributed by atoms with van der Waals surface area (Å²) in [4.78, 5) is 16.2. The number of benzene rings is 2. The summed E-state index contributed by atoms with van der Waals surface area (Å²) in [7, 11) is 1.61. The molecule has 5 nitrogen and oxygen atoms in total. The minimum Gasteiger partial charge on any atom is -0.496 e. The van der Waals surface area contributed by atoms with E-state index in [4.69, 9.17) is 14.2 Å². The van der Waals surface area contributed by atoms with Gasteiger partial charge in [0.15, 0.2) is 5.70 Å². The van der Waals surface area contributed by atoms with Crippen LogP contribution in [0.4, 0.5) is 0 Å². The number of para-hydroxylation sites is 1. The summed E-state index contributed by atoms with van der Waals surface area (Å²) < 4.78 is 15.9. The molecule has 0 radical (unpaired) electrons. The van der Waals surface area contributed by atoms with Crippen LogP contribution >= 0.6 is 0 Å². The first kappa shape index (κ1) is 17.5. The third kappa shape index (κ3) is 4.19. The van der Waals surface area contributed by atoms with Crippen LogP contribution in [-0.2, 0) is 9.53 Å². The highest BCUT2D eigenvalue weighted by Crippen LogP contribution is 2.21. The Morgan fingerprint density at radius 1 is 1.08 bits per heavy atom. The lowest BCUT2D eigenvalue weighted by Gasteiger charge is -2.02. The third-order valence-electron chi connectivity index (χ3n) is 3.68. The van der Waals surface area contributed by atoms with E-state index in [1.54, 1.807) is 25.3 Å². The van der Waals surface area contributed by atoms with Crippen molar-refractivity contribution < 1.29 is 19.0 Å². The molecular weight excluding hydrogens is 330 g/mol. The van der Waals surface area contributed by atoms with Gasteiger partial charge in [0.25, 0.3) is 0 Å². The van der Waals surface area contributed by atoms with Gasteiger partial charge in [0, 0.05) is 11.6 Å². The minimum atomic E-state index is -0.474. The highest BCUT2D eigenvalue weighted by atomic mass is 16.6. The first-order valence-corrected chi connectivity index (χ1v) is 8.26. The normalized spacial score (nSPS) is 15.2. The molecule has 0 atom stereocenters.